The second-order valence-electron chi connectivity index (χ2n) is 7.21. The third-order valence-corrected chi connectivity index (χ3v) is 6.41. The highest BCUT2D eigenvalue weighted by Crippen LogP contribution is 2.40. The zero-order valence-corrected chi connectivity index (χ0v) is 17.1. The van der Waals surface area contributed by atoms with E-state index >= 15 is 0 Å². The number of thioether (sulfide) groups is 1. The summed E-state index contributed by atoms with van der Waals surface area (Å²) < 4.78 is 12.6. The molecule has 0 fully saturated rings. The van der Waals surface area contributed by atoms with Crippen LogP contribution in [0.5, 0.6) is 11.5 Å². The number of carbonyl (C=O) groups excluding carboxylic acids is 1. The van der Waals surface area contributed by atoms with E-state index in [2.05, 4.69) is 10.3 Å². The molecule has 0 unspecified atom stereocenters. The van der Waals surface area contributed by atoms with Crippen LogP contribution in [0.4, 0.5) is 5.82 Å². The highest BCUT2D eigenvalue weighted by atomic mass is 32.2. The quantitative estimate of drug-likeness (QED) is 0.514. The maximum absolute atomic E-state index is 13.0. The van der Waals surface area contributed by atoms with Gasteiger partial charge in [-0.1, -0.05) is 48.2 Å². The third kappa shape index (κ3) is 3.33. The molecule has 7 nitrogen and oxygen atoms in total. The average molecular weight is 421 g/mol. The van der Waals surface area contributed by atoms with Gasteiger partial charge < -0.3 is 19.4 Å². The number of hydrogen-bond acceptors (Lipinski definition) is 6. The van der Waals surface area contributed by atoms with Crippen LogP contribution in [0.1, 0.15) is 29.0 Å². The van der Waals surface area contributed by atoms with Gasteiger partial charge >= 0.3 is 0 Å². The molecule has 2 aliphatic heterocycles. The summed E-state index contributed by atoms with van der Waals surface area (Å²) in [6, 6.07) is 15.5. The standard InChI is InChI=1S/C22H19N3O4S/c1-25-20-19(21(27)24-22(25)30-11-13-5-3-2-4-6-13)15(10-18(26)23-20)14-7-8-16-17(9-14)29-12-28-16/h2-9,15H,10-12H2,1H3,(H,23,26)/t15-/m1/s1. The van der Waals surface area contributed by atoms with Crippen molar-refractivity contribution in [1.82, 2.24) is 9.55 Å². The van der Waals surface area contributed by atoms with Gasteiger partial charge in [-0.15, -0.1) is 0 Å². The molecular formula is C22H19N3O4S. The lowest BCUT2D eigenvalue weighted by molar-refractivity contribution is -0.116. The number of anilines is 1. The van der Waals surface area contributed by atoms with Gasteiger partial charge in [0.1, 0.15) is 5.82 Å². The van der Waals surface area contributed by atoms with Gasteiger partial charge in [0.25, 0.3) is 5.56 Å². The zero-order chi connectivity index (χ0) is 20.7. The third-order valence-electron chi connectivity index (χ3n) is 5.31. The van der Waals surface area contributed by atoms with Crippen LogP contribution in [0.15, 0.2) is 58.5 Å². The topological polar surface area (TPSA) is 82.5 Å². The largest absolute Gasteiger partial charge is 0.454 e. The van der Waals surface area contributed by atoms with Crippen LogP contribution in [0, 0.1) is 0 Å². The molecule has 1 amide bonds. The minimum atomic E-state index is -0.386. The fourth-order valence-electron chi connectivity index (χ4n) is 3.80. The molecule has 5 rings (SSSR count). The summed E-state index contributed by atoms with van der Waals surface area (Å²) in [5.41, 5.74) is 2.15. The first kappa shape index (κ1) is 18.7. The lowest BCUT2D eigenvalue weighted by Crippen LogP contribution is -2.33. The molecule has 3 aromatic rings. The van der Waals surface area contributed by atoms with Crippen molar-refractivity contribution in [3.8, 4) is 11.5 Å². The first-order valence-corrected chi connectivity index (χ1v) is 10.6. The van der Waals surface area contributed by atoms with E-state index in [0.717, 1.165) is 11.1 Å². The fraction of sp³-hybridized carbons (Fsp3) is 0.227. The van der Waals surface area contributed by atoms with Crippen LogP contribution in [0.25, 0.3) is 0 Å². The van der Waals surface area contributed by atoms with Crippen molar-refractivity contribution in [2.45, 2.75) is 23.2 Å². The van der Waals surface area contributed by atoms with Crippen molar-refractivity contribution in [2.24, 2.45) is 7.05 Å². The van der Waals surface area contributed by atoms with Crippen molar-refractivity contribution >= 4 is 23.5 Å². The highest BCUT2D eigenvalue weighted by molar-refractivity contribution is 7.98. The van der Waals surface area contributed by atoms with E-state index < -0.39 is 0 Å². The highest BCUT2D eigenvalue weighted by Gasteiger charge is 2.33. The van der Waals surface area contributed by atoms with Gasteiger partial charge in [0.05, 0.1) is 5.56 Å². The normalized spacial score (nSPS) is 16.8. The number of nitrogens with zero attached hydrogens (tertiary/aromatic N) is 2. The fourth-order valence-corrected chi connectivity index (χ4v) is 4.72. The van der Waals surface area contributed by atoms with Crippen molar-refractivity contribution in [1.29, 1.82) is 0 Å². The number of carbonyl (C=O) groups is 1. The van der Waals surface area contributed by atoms with E-state index in [1.54, 1.807) is 4.57 Å². The van der Waals surface area contributed by atoms with Crippen LogP contribution in [-0.2, 0) is 17.6 Å². The Balaban J connectivity index is 1.52. The molecule has 0 bridgehead atoms. The maximum Gasteiger partial charge on any atom is 0.279 e. The van der Waals surface area contributed by atoms with Gasteiger partial charge in [0.2, 0.25) is 12.7 Å². The van der Waals surface area contributed by atoms with E-state index in [9.17, 15) is 9.59 Å². The van der Waals surface area contributed by atoms with Crippen LogP contribution in [-0.4, -0.2) is 22.3 Å². The molecule has 0 spiro atoms. The van der Waals surface area contributed by atoms with Gasteiger partial charge in [0.15, 0.2) is 16.7 Å². The number of hydrogen-bond donors (Lipinski definition) is 1. The second kappa shape index (κ2) is 7.53. The molecular weight excluding hydrogens is 402 g/mol. The van der Waals surface area contributed by atoms with Crippen LogP contribution in [0.3, 0.4) is 0 Å². The Morgan fingerprint density at radius 2 is 1.93 bits per heavy atom. The minimum Gasteiger partial charge on any atom is -0.454 e. The number of aromatic nitrogens is 2. The van der Waals surface area contributed by atoms with E-state index in [4.69, 9.17) is 9.47 Å². The summed E-state index contributed by atoms with van der Waals surface area (Å²) in [5, 5.41) is 3.44. The lowest BCUT2D eigenvalue weighted by Gasteiger charge is -2.27. The lowest BCUT2D eigenvalue weighted by atomic mass is 9.86. The molecule has 2 aliphatic rings. The molecule has 1 atom stereocenters. The summed E-state index contributed by atoms with van der Waals surface area (Å²) in [6.45, 7) is 0.172. The van der Waals surface area contributed by atoms with E-state index in [1.807, 2.05) is 55.6 Å². The first-order chi connectivity index (χ1) is 14.6. The monoisotopic (exact) mass is 421 g/mol. The molecule has 30 heavy (non-hydrogen) atoms. The Hall–Kier alpha value is -3.26. The van der Waals surface area contributed by atoms with Crippen molar-refractivity contribution in [3.63, 3.8) is 0 Å². The average Bonchev–Trinajstić information content (AvgIpc) is 3.23. The van der Waals surface area contributed by atoms with Crippen molar-refractivity contribution in [3.05, 3.63) is 75.6 Å². The number of ether oxygens (including phenoxy) is 2. The smallest absolute Gasteiger partial charge is 0.279 e. The maximum atomic E-state index is 13.0. The summed E-state index contributed by atoms with van der Waals surface area (Å²) in [7, 11) is 1.82. The number of rotatable bonds is 4. The van der Waals surface area contributed by atoms with Gasteiger partial charge in [-0.25, -0.2) is 0 Å². The number of benzene rings is 2. The second-order valence-corrected chi connectivity index (χ2v) is 8.16. The molecule has 152 valence electrons. The molecule has 0 saturated heterocycles. The summed E-state index contributed by atoms with van der Waals surface area (Å²) in [6.07, 6.45) is 0.181. The molecule has 0 saturated carbocycles. The molecule has 2 aromatic carbocycles. The van der Waals surface area contributed by atoms with E-state index in [0.29, 0.717) is 33.8 Å². The van der Waals surface area contributed by atoms with Gasteiger partial charge in [-0.05, 0) is 23.3 Å². The van der Waals surface area contributed by atoms with Gasteiger partial charge in [-0.3, -0.25) is 9.59 Å². The zero-order valence-electron chi connectivity index (χ0n) is 16.3. The first-order valence-electron chi connectivity index (χ1n) is 9.57. The Morgan fingerprint density at radius 3 is 2.77 bits per heavy atom. The van der Waals surface area contributed by atoms with E-state index in [1.165, 1.54) is 11.8 Å². The van der Waals surface area contributed by atoms with Crippen LogP contribution in [0.2, 0.25) is 0 Å². The van der Waals surface area contributed by atoms with Gasteiger partial charge in [0, 0.05) is 25.1 Å². The summed E-state index contributed by atoms with van der Waals surface area (Å²) >= 11 is 1.47. The molecule has 3 heterocycles. The minimum absolute atomic E-state index is 0.134. The Morgan fingerprint density at radius 1 is 1.13 bits per heavy atom. The number of fused-ring (bicyclic) bond motifs is 2. The molecule has 1 aromatic heterocycles. The van der Waals surface area contributed by atoms with Crippen molar-refractivity contribution < 1.29 is 14.3 Å². The summed E-state index contributed by atoms with van der Waals surface area (Å²) in [5.74, 6) is 1.95. The molecule has 0 radical (unpaired) electrons. The number of nitrogens with one attached hydrogen (secondary N) is 1. The SMILES string of the molecule is Cn1c(SCc2ccccc2)nc(=O)c2c1NC(=O)C[C@@H]2c1ccc2c(c1)OCO2. The Bertz CT molecular complexity index is 1190. The van der Waals surface area contributed by atoms with Crippen molar-refractivity contribution in [2.75, 3.05) is 12.1 Å². The predicted molar refractivity (Wildman–Crippen MR) is 113 cm³/mol. The van der Waals surface area contributed by atoms with Crippen LogP contribution >= 0.6 is 11.8 Å². The van der Waals surface area contributed by atoms with Crippen LogP contribution < -0.4 is 20.3 Å². The molecule has 1 N–H and O–H groups in total. The number of amides is 1. The summed E-state index contributed by atoms with van der Waals surface area (Å²) in [4.78, 5) is 29.9. The molecule has 0 aliphatic carbocycles. The molecule has 8 heteroatoms. The Labute approximate surface area is 177 Å². The predicted octanol–water partition coefficient (Wildman–Crippen LogP) is 3.28. The Kier molecular flexibility index (Phi) is 4.71. The van der Waals surface area contributed by atoms with Gasteiger partial charge in [-0.2, -0.15) is 4.98 Å². The van der Waals surface area contributed by atoms with E-state index in [-0.39, 0.29) is 30.6 Å².